The number of carbonyl (C=O) groups excluding carboxylic acids is 2. The molecule has 1 unspecified atom stereocenters. The van der Waals surface area contributed by atoms with E-state index in [-0.39, 0.29) is 30.6 Å². The van der Waals surface area contributed by atoms with Crippen LogP contribution in [0.2, 0.25) is 0 Å². The van der Waals surface area contributed by atoms with Gasteiger partial charge in [-0.1, -0.05) is 30.3 Å². The zero-order valence-electron chi connectivity index (χ0n) is 17.8. The van der Waals surface area contributed by atoms with Crippen LogP contribution in [0.3, 0.4) is 0 Å². The average molecular weight is 418 g/mol. The highest BCUT2D eigenvalue weighted by Crippen LogP contribution is 2.52. The summed E-state index contributed by atoms with van der Waals surface area (Å²) in [6.07, 6.45) is -0.0297. The van der Waals surface area contributed by atoms with E-state index in [2.05, 4.69) is 0 Å². The molecule has 3 fully saturated rings. The minimum absolute atomic E-state index is 0.0311. The minimum Gasteiger partial charge on any atom is -0.440 e. The molecule has 3 heterocycles. The third-order valence-corrected chi connectivity index (χ3v) is 6.85. The Balaban J connectivity index is 1.67. The van der Waals surface area contributed by atoms with Crippen LogP contribution in [0.25, 0.3) is 0 Å². The molecule has 1 aromatic carbocycles. The van der Waals surface area contributed by atoms with Crippen molar-refractivity contribution >= 4 is 12.0 Å². The summed E-state index contributed by atoms with van der Waals surface area (Å²) in [5.41, 5.74) is 0.0331. The highest BCUT2D eigenvalue weighted by atomic mass is 16.7. The molecule has 3 aliphatic rings. The van der Waals surface area contributed by atoms with E-state index in [4.69, 9.17) is 18.9 Å². The monoisotopic (exact) mass is 418 g/mol. The van der Waals surface area contributed by atoms with E-state index < -0.39 is 17.7 Å². The van der Waals surface area contributed by atoms with Gasteiger partial charge in [0, 0.05) is 53.3 Å². The number of nitrogens with zero attached hydrogens (tertiary/aromatic N) is 2. The van der Waals surface area contributed by atoms with E-state index >= 15 is 0 Å². The number of piperidine rings is 1. The number of cyclic esters (lactones) is 1. The van der Waals surface area contributed by atoms with Crippen molar-refractivity contribution in [3.05, 3.63) is 35.9 Å². The molecule has 0 radical (unpaired) electrons. The summed E-state index contributed by atoms with van der Waals surface area (Å²) in [5.74, 6) is 0.00532. The lowest BCUT2D eigenvalue weighted by Gasteiger charge is -2.46. The fraction of sp³-hybridized carbons (Fsp3) is 0.636. The Kier molecular flexibility index (Phi) is 5.99. The summed E-state index contributed by atoms with van der Waals surface area (Å²) in [4.78, 5) is 30.2. The molecule has 3 aliphatic heterocycles. The molecule has 2 amide bonds. The Morgan fingerprint density at radius 2 is 1.90 bits per heavy atom. The molecule has 0 aliphatic carbocycles. The number of ether oxygens (including phenoxy) is 4. The van der Waals surface area contributed by atoms with Crippen molar-refractivity contribution in [3.63, 3.8) is 0 Å². The predicted octanol–water partition coefficient (Wildman–Crippen LogP) is 1.88. The van der Waals surface area contributed by atoms with Crippen molar-refractivity contribution in [1.29, 1.82) is 0 Å². The molecule has 3 saturated heterocycles. The Bertz CT molecular complexity index is 770. The number of carbonyl (C=O) groups is 2. The first-order valence-corrected chi connectivity index (χ1v) is 10.4. The SMILES string of the molecule is COC[C@H]1OC(=O)N2CC(CC(OC)OC)[C@H]3CCN(Cc4ccccc4)C(=O)[C@@]312. The van der Waals surface area contributed by atoms with Crippen molar-refractivity contribution in [1.82, 2.24) is 9.80 Å². The topological polar surface area (TPSA) is 77.5 Å². The summed E-state index contributed by atoms with van der Waals surface area (Å²) >= 11 is 0. The van der Waals surface area contributed by atoms with Gasteiger partial charge in [-0.25, -0.2) is 4.79 Å². The lowest BCUT2D eigenvalue weighted by molar-refractivity contribution is -0.155. The van der Waals surface area contributed by atoms with E-state index in [1.807, 2.05) is 35.2 Å². The molecule has 4 rings (SSSR count). The van der Waals surface area contributed by atoms with Crippen LogP contribution in [0.5, 0.6) is 0 Å². The molecule has 1 aromatic rings. The lowest BCUT2D eigenvalue weighted by atomic mass is 9.70. The second kappa shape index (κ2) is 8.53. The molecule has 1 spiro atoms. The molecule has 8 heteroatoms. The normalized spacial score (nSPS) is 30.6. The third-order valence-electron chi connectivity index (χ3n) is 6.85. The van der Waals surface area contributed by atoms with Gasteiger partial charge in [-0.2, -0.15) is 0 Å². The van der Waals surface area contributed by atoms with Crippen LogP contribution in [-0.4, -0.2) is 80.8 Å². The standard InChI is InChI=1S/C22H30N2O6/c1-27-14-18-22-17(9-10-23(20(22)25)12-15-7-5-4-6-8-15)16(11-19(28-2)29-3)13-24(22)21(26)30-18/h4-8,16-19H,9-14H2,1-3H3/t16?,17-,18-,22-/m1/s1. The maximum atomic E-state index is 13.9. The summed E-state index contributed by atoms with van der Waals surface area (Å²) in [6.45, 7) is 1.80. The quantitative estimate of drug-likeness (QED) is 0.600. The minimum atomic E-state index is -1.03. The Morgan fingerprint density at radius 3 is 2.57 bits per heavy atom. The van der Waals surface area contributed by atoms with Gasteiger partial charge in [0.05, 0.1) is 6.61 Å². The van der Waals surface area contributed by atoms with Crippen molar-refractivity contribution in [2.24, 2.45) is 11.8 Å². The van der Waals surface area contributed by atoms with E-state index in [0.29, 0.717) is 26.1 Å². The van der Waals surface area contributed by atoms with Crippen LogP contribution < -0.4 is 0 Å². The van der Waals surface area contributed by atoms with Crippen molar-refractivity contribution in [3.8, 4) is 0 Å². The summed E-state index contributed by atoms with van der Waals surface area (Å²) in [6, 6.07) is 9.91. The highest BCUT2D eigenvalue weighted by molar-refractivity contribution is 5.95. The summed E-state index contributed by atoms with van der Waals surface area (Å²) < 4.78 is 21.8. The molecule has 8 nitrogen and oxygen atoms in total. The summed E-state index contributed by atoms with van der Waals surface area (Å²) in [7, 11) is 4.78. The Labute approximate surface area is 177 Å². The number of amides is 2. The van der Waals surface area contributed by atoms with Gasteiger partial charge in [-0.15, -0.1) is 0 Å². The van der Waals surface area contributed by atoms with Crippen LogP contribution >= 0.6 is 0 Å². The van der Waals surface area contributed by atoms with E-state index in [1.54, 1.807) is 26.2 Å². The highest BCUT2D eigenvalue weighted by Gasteiger charge is 2.71. The average Bonchev–Trinajstić information content (AvgIpc) is 3.22. The smallest absolute Gasteiger partial charge is 0.411 e. The number of hydrogen-bond donors (Lipinski definition) is 0. The molecule has 0 saturated carbocycles. The maximum Gasteiger partial charge on any atom is 0.411 e. The molecule has 30 heavy (non-hydrogen) atoms. The van der Waals surface area contributed by atoms with Crippen LogP contribution in [0.4, 0.5) is 4.79 Å². The second-order valence-electron chi connectivity index (χ2n) is 8.27. The fourth-order valence-electron chi connectivity index (χ4n) is 5.54. The number of methoxy groups -OCH3 is 3. The first-order chi connectivity index (χ1) is 14.6. The first kappa shape index (κ1) is 21.1. The first-order valence-electron chi connectivity index (χ1n) is 10.4. The molecule has 164 valence electrons. The number of hydrogen-bond acceptors (Lipinski definition) is 6. The molecule has 0 N–H and O–H groups in total. The van der Waals surface area contributed by atoms with Gasteiger partial charge in [0.1, 0.15) is 0 Å². The van der Waals surface area contributed by atoms with Crippen LogP contribution in [-0.2, 0) is 30.3 Å². The largest absolute Gasteiger partial charge is 0.440 e. The van der Waals surface area contributed by atoms with Gasteiger partial charge in [0.2, 0.25) is 0 Å². The molecule has 4 atom stereocenters. The van der Waals surface area contributed by atoms with E-state index in [9.17, 15) is 9.59 Å². The van der Waals surface area contributed by atoms with Gasteiger partial charge in [-0.05, 0) is 17.9 Å². The summed E-state index contributed by atoms with van der Waals surface area (Å²) in [5, 5.41) is 0. The van der Waals surface area contributed by atoms with E-state index in [0.717, 1.165) is 12.0 Å². The number of benzene rings is 1. The Morgan fingerprint density at radius 1 is 1.17 bits per heavy atom. The Hall–Kier alpha value is -2.16. The zero-order valence-corrected chi connectivity index (χ0v) is 17.8. The maximum absolute atomic E-state index is 13.9. The number of likely N-dealkylation sites (tertiary alicyclic amines) is 1. The van der Waals surface area contributed by atoms with Crippen molar-refractivity contribution in [2.45, 2.75) is 37.3 Å². The second-order valence-corrected chi connectivity index (χ2v) is 8.27. The van der Waals surface area contributed by atoms with Crippen LogP contribution in [0, 0.1) is 11.8 Å². The van der Waals surface area contributed by atoms with Gasteiger partial charge >= 0.3 is 6.09 Å². The predicted molar refractivity (Wildman–Crippen MR) is 107 cm³/mol. The molecular formula is C22H30N2O6. The van der Waals surface area contributed by atoms with Crippen LogP contribution in [0.1, 0.15) is 18.4 Å². The third kappa shape index (κ3) is 3.27. The molecular weight excluding hydrogens is 388 g/mol. The van der Waals surface area contributed by atoms with Gasteiger partial charge in [-0.3, -0.25) is 9.69 Å². The van der Waals surface area contributed by atoms with Gasteiger partial charge in [0.25, 0.3) is 5.91 Å². The van der Waals surface area contributed by atoms with Crippen molar-refractivity contribution < 1.29 is 28.5 Å². The molecule has 0 bridgehead atoms. The fourth-order valence-corrected chi connectivity index (χ4v) is 5.54. The van der Waals surface area contributed by atoms with Crippen molar-refractivity contribution in [2.75, 3.05) is 41.0 Å². The zero-order chi connectivity index (χ0) is 21.3. The van der Waals surface area contributed by atoms with Gasteiger partial charge < -0.3 is 23.8 Å². The van der Waals surface area contributed by atoms with Crippen LogP contribution in [0.15, 0.2) is 30.3 Å². The number of rotatable bonds is 8. The lowest BCUT2D eigenvalue weighted by Crippen LogP contribution is -2.66. The molecule has 0 aromatic heterocycles. The van der Waals surface area contributed by atoms with Gasteiger partial charge in [0.15, 0.2) is 17.9 Å². The van der Waals surface area contributed by atoms with E-state index in [1.165, 1.54) is 0 Å².